The Morgan fingerprint density at radius 2 is 1.57 bits per heavy atom. The Labute approximate surface area is 130 Å². The molecule has 0 rings (SSSR count). The second kappa shape index (κ2) is 8.74. The number of hydrogen-bond donors (Lipinski definition) is 1. The second-order valence-corrected chi connectivity index (χ2v) is 6.94. The van der Waals surface area contributed by atoms with Crippen molar-refractivity contribution in [1.29, 1.82) is 0 Å². The van der Waals surface area contributed by atoms with Crippen molar-refractivity contribution in [1.82, 2.24) is 0 Å². The van der Waals surface area contributed by atoms with Gasteiger partial charge in [0.2, 0.25) is 0 Å². The van der Waals surface area contributed by atoms with E-state index >= 15 is 0 Å². The van der Waals surface area contributed by atoms with E-state index in [1.54, 1.807) is 0 Å². The molecule has 0 fully saturated rings. The third kappa shape index (κ3) is 6.79. The zero-order valence-electron chi connectivity index (χ0n) is 14.9. The predicted molar refractivity (Wildman–Crippen MR) is 85.1 cm³/mol. The summed E-state index contributed by atoms with van der Waals surface area (Å²) in [5.41, 5.74) is -0.317. The number of carbonyl (C=O) groups is 1. The van der Waals surface area contributed by atoms with E-state index < -0.39 is 17.7 Å². The second-order valence-electron chi connectivity index (χ2n) is 6.94. The largest absolute Gasteiger partial charge is 0.479 e. The van der Waals surface area contributed by atoms with Crippen molar-refractivity contribution in [3.8, 4) is 0 Å². The van der Waals surface area contributed by atoms with Gasteiger partial charge in [0.25, 0.3) is 0 Å². The van der Waals surface area contributed by atoms with Crippen LogP contribution in [0.2, 0.25) is 0 Å². The van der Waals surface area contributed by atoms with E-state index in [1.165, 1.54) is 0 Å². The molecule has 0 amide bonds. The van der Waals surface area contributed by atoms with Crippen molar-refractivity contribution < 1.29 is 19.7 Å². The van der Waals surface area contributed by atoms with Gasteiger partial charge in [0.05, 0.1) is 5.60 Å². The molecule has 4 nitrogen and oxygen atoms in total. The topological polar surface area (TPSA) is 55.8 Å². The van der Waals surface area contributed by atoms with Crippen molar-refractivity contribution >= 4 is 5.97 Å². The van der Waals surface area contributed by atoms with Crippen molar-refractivity contribution in [3.63, 3.8) is 0 Å². The molecule has 0 saturated carbocycles. The zero-order valence-corrected chi connectivity index (χ0v) is 14.9. The highest BCUT2D eigenvalue weighted by atomic mass is 17.2. The van der Waals surface area contributed by atoms with Gasteiger partial charge in [-0.2, -0.15) is 0 Å². The van der Waals surface area contributed by atoms with Gasteiger partial charge in [-0.3, -0.25) is 0 Å². The van der Waals surface area contributed by atoms with Gasteiger partial charge in [-0.15, -0.1) is 0 Å². The molecule has 0 aromatic rings. The van der Waals surface area contributed by atoms with Crippen molar-refractivity contribution in [2.75, 3.05) is 0 Å². The molecular weight excluding hydrogens is 268 g/mol. The third-order valence-electron chi connectivity index (χ3n) is 4.89. The first kappa shape index (κ1) is 20.4. The SMILES string of the molecule is CCC(CC(C)(CC)CC)C(OOC(C)(C)CC)C(=O)O. The summed E-state index contributed by atoms with van der Waals surface area (Å²) in [6.45, 7) is 14.3. The van der Waals surface area contributed by atoms with Crippen LogP contribution in [0.1, 0.15) is 80.6 Å². The fourth-order valence-electron chi connectivity index (χ4n) is 2.20. The van der Waals surface area contributed by atoms with E-state index in [-0.39, 0.29) is 11.3 Å². The van der Waals surface area contributed by atoms with Gasteiger partial charge in [-0.1, -0.05) is 53.9 Å². The molecule has 0 saturated heterocycles. The van der Waals surface area contributed by atoms with E-state index in [2.05, 4.69) is 20.8 Å². The van der Waals surface area contributed by atoms with Crippen LogP contribution in [0, 0.1) is 11.3 Å². The molecule has 0 aliphatic heterocycles. The molecule has 0 radical (unpaired) electrons. The number of rotatable bonds is 11. The maximum absolute atomic E-state index is 11.6. The Hall–Kier alpha value is -0.610. The third-order valence-corrected chi connectivity index (χ3v) is 4.89. The fourth-order valence-corrected chi connectivity index (χ4v) is 2.20. The van der Waals surface area contributed by atoms with E-state index in [0.29, 0.717) is 0 Å². The standard InChI is InChI=1S/C17H34O4/c1-8-13(12-17(7,10-3)11-4)14(15(18)19)20-21-16(5,6)9-2/h13-14H,8-12H2,1-7H3,(H,18,19). The van der Waals surface area contributed by atoms with Crippen LogP contribution in [0.15, 0.2) is 0 Å². The van der Waals surface area contributed by atoms with Crippen LogP contribution in [-0.4, -0.2) is 22.8 Å². The smallest absolute Gasteiger partial charge is 0.336 e. The lowest BCUT2D eigenvalue weighted by atomic mass is 9.74. The first-order chi connectivity index (χ1) is 9.64. The lowest BCUT2D eigenvalue weighted by Gasteiger charge is -2.34. The molecule has 0 aromatic carbocycles. The average Bonchev–Trinajstić information content (AvgIpc) is 2.45. The van der Waals surface area contributed by atoms with Crippen LogP contribution in [0.25, 0.3) is 0 Å². The normalized spacial score (nSPS) is 15.8. The molecule has 4 heteroatoms. The first-order valence-corrected chi connectivity index (χ1v) is 8.22. The Balaban J connectivity index is 4.93. The quantitative estimate of drug-likeness (QED) is 0.439. The molecule has 0 heterocycles. The number of carboxylic acid groups (broad SMARTS) is 1. The Morgan fingerprint density at radius 1 is 1.05 bits per heavy atom. The average molecular weight is 302 g/mol. The number of aliphatic carboxylic acids is 1. The number of hydrogen-bond acceptors (Lipinski definition) is 3. The summed E-state index contributed by atoms with van der Waals surface area (Å²) in [6.07, 6.45) is 3.53. The first-order valence-electron chi connectivity index (χ1n) is 8.22. The molecule has 1 N–H and O–H groups in total. The molecule has 0 aromatic heterocycles. The molecule has 2 atom stereocenters. The molecule has 2 unspecified atom stereocenters. The van der Waals surface area contributed by atoms with Crippen molar-refractivity contribution in [2.45, 2.75) is 92.3 Å². The van der Waals surface area contributed by atoms with Gasteiger partial charge in [-0.05, 0) is 38.0 Å². The Morgan fingerprint density at radius 3 is 1.90 bits per heavy atom. The zero-order chi connectivity index (χ0) is 16.7. The van der Waals surface area contributed by atoms with Crippen molar-refractivity contribution in [2.24, 2.45) is 11.3 Å². The molecule has 0 aliphatic rings. The summed E-state index contributed by atoms with van der Waals surface area (Å²) in [4.78, 5) is 22.3. The minimum atomic E-state index is -0.941. The van der Waals surface area contributed by atoms with Crippen LogP contribution in [-0.2, 0) is 14.6 Å². The summed E-state index contributed by atoms with van der Waals surface area (Å²) in [7, 11) is 0. The van der Waals surface area contributed by atoms with Crippen LogP contribution >= 0.6 is 0 Å². The van der Waals surface area contributed by atoms with Gasteiger partial charge in [-0.25, -0.2) is 14.6 Å². The minimum Gasteiger partial charge on any atom is -0.479 e. The summed E-state index contributed by atoms with van der Waals surface area (Å²) in [5, 5.41) is 9.48. The molecule has 0 spiro atoms. The van der Waals surface area contributed by atoms with Gasteiger partial charge in [0.15, 0.2) is 6.10 Å². The van der Waals surface area contributed by atoms with E-state index in [1.807, 2.05) is 27.7 Å². The highest BCUT2D eigenvalue weighted by molar-refractivity contribution is 5.72. The fraction of sp³-hybridized carbons (Fsp3) is 0.941. The lowest BCUT2D eigenvalue weighted by Crippen LogP contribution is -2.38. The van der Waals surface area contributed by atoms with Crippen LogP contribution in [0.3, 0.4) is 0 Å². The summed E-state index contributed by atoms with van der Waals surface area (Å²) >= 11 is 0. The highest BCUT2D eigenvalue weighted by Gasteiger charge is 2.35. The molecule has 0 bridgehead atoms. The van der Waals surface area contributed by atoms with Gasteiger partial charge in [0, 0.05) is 0 Å². The minimum absolute atomic E-state index is 0.0416. The molecule has 0 aliphatic carbocycles. The van der Waals surface area contributed by atoms with Crippen LogP contribution in [0.4, 0.5) is 0 Å². The summed E-state index contributed by atoms with van der Waals surface area (Å²) in [5.74, 6) is -0.983. The molecular formula is C17H34O4. The van der Waals surface area contributed by atoms with Crippen LogP contribution in [0.5, 0.6) is 0 Å². The maximum Gasteiger partial charge on any atom is 0.336 e. The van der Waals surface area contributed by atoms with Crippen LogP contribution < -0.4 is 0 Å². The lowest BCUT2D eigenvalue weighted by molar-refractivity contribution is -0.379. The van der Waals surface area contributed by atoms with E-state index in [9.17, 15) is 9.90 Å². The predicted octanol–water partition coefficient (Wildman–Crippen LogP) is 4.82. The Kier molecular flexibility index (Phi) is 8.49. The monoisotopic (exact) mass is 302 g/mol. The number of carboxylic acids is 1. The Bertz CT molecular complexity index is 308. The molecule has 126 valence electrons. The van der Waals surface area contributed by atoms with Gasteiger partial charge < -0.3 is 5.11 Å². The highest BCUT2D eigenvalue weighted by Crippen LogP contribution is 2.36. The van der Waals surface area contributed by atoms with Crippen molar-refractivity contribution in [3.05, 3.63) is 0 Å². The van der Waals surface area contributed by atoms with E-state index in [4.69, 9.17) is 9.78 Å². The van der Waals surface area contributed by atoms with E-state index in [0.717, 1.165) is 32.1 Å². The summed E-state index contributed by atoms with van der Waals surface area (Å²) < 4.78 is 0. The molecule has 21 heavy (non-hydrogen) atoms. The van der Waals surface area contributed by atoms with Gasteiger partial charge >= 0.3 is 5.97 Å². The maximum atomic E-state index is 11.6. The van der Waals surface area contributed by atoms with Gasteiger partial charge in [0.1, 0.15) is 0 Å². The summed E-state index contributed by atoms with van der Waals surface area (Å²) in [6, 6.07) is 0.